The standard InChI is InChI=1S/C25H32O5/c1-23(2,28-6)21(26)17-9-13-19(14-10-17)25(5,30-8)20-15-11-18(12-16-20)22(27)24(3,4)29-7/h9-16H,1-8H3. The molecule has 0 unspecified atom stereocenters. The number of ketones is 2. The van der Waals surface area contributed by atoms with E-state index in [9.17, 15) is 9.59 Å². The number of rotatable bonds is 9. The van der Waals surface area contributed by atoms with Crippen LogP contribution in [0.25, 0.3) is 0 Å². The van der Waals surface area contributed by atoms with E-state index in [-0.39, 0.29) is 11.6 Å². The Kier molecular flexibility index (Phi) is 7.02. The van der Waals surface area contributed by atoms with Gasteiger partial charge in [-0.2, -0.15) is 0 Å². The molecule has 0 spiro atoms. The first-order chi connectivity index (χ1) is 13.9. The molecule has 162 valence electrons. The summed E-state index contributed by atoms with van der Waals surface area (Å²) in [6.45, 7) is 8.94. The topological polar surface area (TPSA) is 61.8 Å². The molecule has 0 saturated carbocycles. The fraction of sp³-hybridized carbons (Fsp3) is 0.440. The van der Waals surface area contributed by atoms with Crippen LogP contribution in [-0.2, 0) is 19.8 Å². The van der Waals surface area contributed by atoms with E-state index in [4.69, 9.17) is 14.2 Å². The van der Waals surface area contributed by atoms with E-state index in [0.717, 1.165) is 11.1 Å². The molecule has 5 heteroatoms. The highest BCUT2D eigenvalue weighted by Crippen LogP contribution is 2.34. The second-order valence-electron chi connectivity index (χ2n) is 8.48. The summed E-state index contributed by atoms with van der Waals surface area (Å²) in [4.78, 5) is 25.2. The zero-order valence-corrected chi connectivity index (χ0v) is 19.2. The van der Waals surface area contributed by atoms with Crippen LogP contribution in [0, 0.1) is 0 Å². The summed E-state index contributed by atoms with van der Waals surface area (Å²) in [5, 5.41) is 0. The lowest BCUT2D eigenvalue weighted by Gasteiger charge is -2.30. The Bertz CT molecular complexity index is 821. The summed E-state index contributed by atoms with van der Waals surface area (Å²) in [6, 6.07) is 14.7. The molecule has 0 fully saturated rings. The molecule has 2 rings (SSSR count). The monoisotopic (exact) mass is 412 g/mol. The zero-order chi connectivity index (χ0) is 22.7. The van der Waals surface area contributed by atoms with Gasteiger partial charge in [0.2, 0.25) is 0 Å². The van der Waals surface area contributed by atoms with Crippen LogP contribution in [0.15, 0.2) is 48.5 Å². The Labute approximate surface area is 179 Å². The van der Waals surface area contributed by atoms with Gasteiger partial charge >= 0.3 is 0 Å². The predicted molar refractivity (Wildman–Crippen MR) is 117 cm³/mol. The molecular formula is C25H32O5. The molecule has 0 aromatic heterocycles. The fourth-order valence-electron chi connectivity index (χ4n) is 3.16. The highest BCUT2D eigenvalue weighted by Gasteiger charge is 2.32. The van der Waals surface area contributed by atoms with Crippen LogP contribution in [-0.4, -0.2) is 44.1 Å². The van der Waals surface area contributed by atoms with Gasteiger partial charge in [0.1, 0.15) is 16.8 Å². The van der Waals surface area contributed by atoms with Gasteiger partial charge in [0, 0.05) is 32.5 Å². The maximum Gasteiger partial charge on any atom is 0.194 e. The zero-order valence-electron chi connectivity index (χ0n) is 19.2. The molecule has 0 N–H and O–H groups in total. The molecule has 0 aliphatic carbocycles. The quantitative estimate of drug-likeness (QED) is 0.553. The van der Waals surface area contributed by atoms with E-state index in [1.165, 1.54) is 14.2 Å². The first-order valence-corrected chi connectivity index (χ1v) is 9.89. The smallest absolute Gasteiger partial charge is 0.194 e. The van der Waals surface area contributed by atoms with Crippen LogP contribution in [0.3, 0.4) is 0 Å². The van der Waals surface area contributed by atoms with Gasteiger partial charge in [-0.15, -0.1) is 0 Å². The SMILES string of the molecule is COC(C)(C)C(=O)c1ccc(C(C)(OC)c2ccc(C(=O)C(C)(C)OC)cc2)cc1. The van der Waals surface area contributed by atoms with Crippen molar-refractivity contribution >= 4 is 11.6 Å². The lowest BCUT2D eigenvalue weighted by molar-refractivity contribution is 0.0227. The molecule has 0 aliphatic heterocycles. The Balaban J connectivity index is 2.35. The van der Waals surface area contributed by atoms with E-state index in [2.05, 4.69) is 0 Å². The minimum atomic E-state index is -0.884. The first-order valence-electron chi connectivity index (χ1n) is 9.89. The third-order valence-corrected chi connectivity index (χ3v) is 5.92. The molecule has 0 bridgehead atoms. The van der Waals surface area contributed by atoms with Crippen molar-refractivity contribution in [3.63, 3.8) is 0 Å². The number of carbonyl (C=O) groups is 2. The Morgan fingerprint density at radius 3 is 1.10 bits per heavy atom. The Morgan fingerprint density at radius 1 is 0.567 bits per heavy atom. The summed E-state index contributed by atoms with van der Waals surface area (Å²) in [7, 11) is 4.69. The molecule has 0 radical (unpaired) electrons. The predicted octanol–water partition coefficient (Wildman–Crippen LogP) is 4.81. The van der Waals surface area contributed by atoms with E-state index < -0.39 is 16.8 Å². The van der Waals surface area contributed by atoms with Crippen molar-refractivity contribution < 1.29 is 23.8 Å². The van der Waals surface area contributed by atoms with Gasteiger partial charge in [-0.05, 0) is 45.7 Å². The van der Waals surface area contributed by atoms with Crippen LogP contribution >= 0.6 is 0 Å². The molecule has 5 nitrogen and oxygen atoms in total. The summed E-state index contributed by atoms with van der Waals surface area (Å²) in [5.74, 6) is -0.168. The number of hydrogen-bond acceptors (Lipinski definition) is 5. The lowest BCUT2D eigenvalue weighted by Crippen LogP contribution is -2.34. The van der Waals surface area contributed by atoms with Gasteiger partial charge in [0.05, 0.1) is 0 Å². The number of Topliss-reactive ketones (excluding diaryl/α,β-unsaturated/α-hetero) is 2. The summed E-state index contributed by atoms with van der Waals surface area (Å²) in [6.07, 6.45) is 0. The lowest BCUT2D eigenvalue weighted by atomic mass is 9.85. The van der Waals surface area contributed by atoms with Crippen molar-refractivity contribution in [2.75, 3.05) is 21.3 Å². The van der Waals surface area contributed by atoms with Crippen molar-refractivity contribution in [2.45, 2.75) is 51.4 Å². The molecule has 0 heterocycles. The third-order valence-electron chi connectivity index (χ3n) is 5.92. The number of hydrogen-bond donors (Lipinski definition) is 0. The van der Waals surface area contributed by atoms with E-state index in [1.54, 1.807) is 59.1 Å². The second kappa shape index (κ2) is 8.80. The van der Waals surface area contributed by atoms with Crippen molar-refractivity contribution in [2.24, 2.45) is 0 Å². The molecular weight excluding hydrogens is 380 g/mol. The summed E-state index contributed by atoms with van der Waals surface area (Å²) < 4.78 is 16.5. The van der Waals surface area contributed by atoms with Crippen molar-refractivity contribution in [3.05, 3.63) is 70.8 Å². The fourth-order valence-corrected chi connectivity index (χ4v) is 3.16. The van der Waals surface area contributed by atoms with Crippen LogP contribution < -0.4 is 0 Å². The van der Waals surface area contributed by atoms with Gasteiger partial charge < -0.3 is 14.2 Å². The van der Waals surface area contributed by atoms with Crippen LogP contribution in [0.5, 0.6) is 0 Å². The molecule has 2 aromatic rings. The van der Waals surface area contributed by atoms with Crippen molar-refractivity contribution in [1.82, 2.24) is 0 Å². The van der Waals surface area contributed by atoms with E-state index >= 15 is 0 Å². The summed E-state index contributed by atoms with van der Waals surface area (Å²) in [5.41, 5.74) is 0.436. The van der Waals surface area contributed by atoms with Crippen LogP contribution in [0.2, 0.25) is 0 Å². The highest BCUT2D eigenvalue weighted by atomic mass is 16.5. The maximum absolute atomic E-state index is 12.6. The van der Waals surface area contributed by atoms with Crippen LogP contribution in [0.4, 0.5) is 0 Å². The molecule has 0 atom stereocenters. The van der Waals surface area contributed by atoms with Gasteiger partial charge in [-0.25, -0.2) is 0 Å². The third kappa shape index (κ3) is 4.53. The average molecular weight is 413 g/mol. The number of ether oxygens (including phenoxy) is 3. The van der Waals surface area contributed by atoms with Gasteiger partial charge in [-0.1, -0.05) is 48.5 Å². The van der Waals surface area contributed by atoms with E-state index in [1.807, 2.05) is 31.2 Å². The minimum absolute atomic E-state index is 0.0840. The van der Waals surface area contributed by atoms with Crippen LogP contribution in [0.1, 0.15) is 66.5 Å². The van der Waals surface area contributed by atoms with Crippen molar-refractivity contribution in [1.29, 1.82) is 0 Å². The Morgan fingerprint density at radius 2 is 0.867 bits per heavy atom. The molecule has 0 saturated heterocycles. The van der Waals surface area contributed by atoms with Gasteiger partial charge in [0.15, 0.2) is 11.6 Å². The maximum atomic E-state index is 12.6. The second-order valence-corrected chi connectivity index (χ2v) is 8.48. The minimum Gasteiger partial charge on any atom is -0.371 e. The molecule has 2 aromatic carbocycles. The molecule has 0 amide bonds. The number of benzene rings is 2. The summed E-state index contributed by atoms with van der Waals surface area (Å²) >= 11 is 0. The van der Waals surface area contributed by atoms with Crippen molar-refractivity contribution in [3.8, 4) is 0 Å². The largest absolute Gasteiger partial charge is 0.371 e. The Hall–Kier alpha value is -2.34. The van der Waals surface area contributed by atoms with Gasteiger partial charge in [0.25, 0.3) is 0 Å². The van der Waals surface area contributed by atoms with E-state index in [0.29, 0.717) is 11.1 Å². The first kappa shape index (κ1) is 23.9. The average Bonchev–Trinajstić information content (AvgIpc) is 2.77. The number of methoxy groups -OCH3 is 3. The van der Waals surface area contributed by atoms with Gasteiger partial charge in [-0.3, -0.25) is 9.59 Å². The molecule has 0 aliphatic rings. The highest BCUT2D eigenvalue weighted by molar-refractivity contribution is 6.02. The number of carbonyl (C=O) groups excluding carboxylic acids is 2. The normalized spacial score (nSPS) is 12.7. The molecule has 30 heavy (non-hydrogen) atoms.